The fraction of sp³-hybridized carbons (Fsp3) is 0.889. The lowest BCUT2D eigenvalue weighted by Crippen LogP contribution is -2.51. The second-order valence-corrected chi connectivity index (χ2v) is 4.08. The summed E-state index contributed by atoms with van der Waals surface area (Å²) in [6.07, 6.45) is 1.58. The van der Waals surface area contributed by atoms with Gasteiger partial charge in [-0.15, -0.1) is 12.4 Å². The molecule has 14 heavy (non-hydrogen) atoms. The van der Waals surface area contributed by atoms with Crippen LogP contribution in [0.4, 0.5) is 0 Å². The van der Waals surface area contributed by atoms with E-state index in [1.54, 1.807) is 0 Å². The number of hydrogen-bond donors (Lipinski definition) is 2. The van der Waals surface area contributed by atoms with Gasteiger partial charge in [0.25, 0.3) is 0 Å². The number of rotatable bonds is 1. The van der Waals surface area contributed by atoms with E-state index in [1.165, 1.54) is 0 Å². The van der Waals surface area contributed by atoms with Gasteiger partial charge in [0.2, 0.25) is 5.91 Å². The fourth-order valence-corrected chi connectivity index (χ4v) is 2.40. The summed E-state index contributed by atoms with van der Waals surface area (Å²) in [7, 11) is 0. The zero-order chi connectivity index (χ0) is 9.31. The molecule has 0 aromatic carbocycles. The van der Waals surface area contributed by atoms with Crippen molar-refractivity contribution in [2.24, 2.45) is 17.1 Å². The van der Waals surface area contributed by atoms with Crippen LogP contribution in [0.15, 0.2) is 0 Å². The Morgan fingerprint density at radius 2 is 2.43 bits per heavy atom. The molecule has 2 aliphatic heterocycles. The SMILES string of the molecule is Cl.NCC1CNC(=O)CC12CCOC2. The van der Waals surface area contributed by atoms with Gasteiger partial charge in [-0.3, -0.25) is 4.79 Å². The minimum absolute atomic E-state index is 0. The van der Waals surface area contributed by atoms with Gasteiger partial charge in [0.1, 0.15) is 0 Å². The third kappa shape index (κ3) is 1.87. The van der Waals surface area contributed by atoms with Crippen LogP contribution in [0.2, 0.25) is 0 Å². The molecular weight excluding hydrogens is 204 g/mol. The highest BCUT2D eigenvalue weighted by atomic mass is 35.5. The minimum atomic E-state index is 0. The lowest BCUT2D eigenvalue weighted by Gasteiger charge is -2.39. The van der Waals surface area contributed by atoms with Crippen LogP contribution in [0, 0.1) is 11.3 Å². The molecule has 2 heterocycles. The third-order valence-corrected chi connectivity index (χ3v) is 3.34. The van der Waals surface area contributed by atoms with Crippen LogP contribution in [0.1, 0.15) is 12.8 Å². The smallest absolute Gasteiger partial charge is 0.220 e. The molecule has 2 fully saturated rings. The average Bonchev–Trinajstić information content (AvgIpc) is 2.54. The number of carbonyl (C=O) groups excluding carboxylic acids is 1. The summed E-state index contributed by atoms with van der Waals surface area (Å²) in [5, 5.41) is 2.86. The van der Waals surface area contributed by atoms with Crippen LogP contribution in [-0.2, 0) is 9.53 Å². The van der Waals surface area contributed by atoms with Crippen molar-refractivity contribution in [2.45, 2.75) is 12.8 Å². The van der Waals surface area contributed by atoms with Gasteiger partial charge in [0.05, 0.1) is 6.61 Å². The zero-order valence-electron chi connectivity index (χ0n) is 8.12. The molecular formula is C9H17ClN2O2. The van der Waals surface area contributed by atoms with E-state index in [1.807, 2.05) is 0 Å². The molecule has 2 rings (SSSR count). The fourth-order valence-electron chi connectivity index (χ4n) is 2.40. The molecule has 3 N–H and O–H groups in total. The van der Waals surface area contributed by atoms with Gasteiger partial charge in [-0.25, -0.2) is 0 Å². The Labute approximate surface area is 90.0 Å². The Hall–Kier alpha value is -0.320. The molecule has 0 aromatic rings. The number of amides is 1. The van der Waals surface area contributed by atoms with E-state index in [2.05, 4.69) is 5.32 Å². The van der Waals surface area contributed by atoms with E-state index in [9.17, 15) is 4.79 Å². The van der Waals surface area contributed by atoms with E-state index >= 15 is 0 Å². The highest BCUT2D eigenvalue weighted by Crippen LogP contribution is 2.41. The van der Waals surface area contributed by atoms with Crippen LogP contribution in [0.3, 0.4) is 0 Å². The van der Waals surface area contributed by atoms with Crippen LogP contribution in [-0.4, -0.2) is 32.2 Å². The molecule has 1 spiro atoms. The molecule has 0 aromatic heterocycles. The molecule has 0 bridgehead atoms. The van der Waals surface area contributed by atoms with Gasteiger partial charge < -0.3 is 15.8 Å². The van der Waals surface area contributed by atoms with E-state index in [0.29, 0.717) is 25.5 Å². The van der Waals surface area contributed by atoms with E-state index in [4.69, 9.17) is 10.5 Å². The molecule has 1 amide bonds. The van der Waals surface area contributed by atoms with Gasteiger partial charge in [-0.1, -0.05) is 0 Å². The summed E-state index contributed by atoms with van der Waals surface area (Å²) in [6.45, 7) is 2.86. The molecule has 5 heteroatoms. The van der Waals surface area contributed by atoms with Crippen molar-refractivity contribution in [1.82, 2.24) is 5.32 Å². The number of piperidine rings is 1. The number of nitrogens with two attached hydrogens (primary N) is 1. The third-order valence-electron chi connectivity index (χ3n) is 3.34. The van der Waals surface area contributed by atoms with Crippen LogP contribution in [0.5, 0.6) is 0 Å². The molecule has 2 saturated heterocycles. The van der Waals surface area contributed by atoms with E-state index in [0.717, 1.165) is 19.6 Å². The number of nitrogens with one attached hydrogen (secondary N) is 1. The summed E-state index contributed by atoms with van der Waals surface area (Å²) in [5.74, 6) is 0.544. The second-order valence-electron chi connectivity index (χ2n) is 4.08. The van der Waals surface area contributed by atoms with Gasteiger partial charge in [0, 0.05) is 25.0 Å². The lowest BCUT2D eigenvalue weighted by atomic mass is 9.70. The van der Waals surface area contributed by atoms with Gasteiger partial charge in [-0.05, 0) is 18.9 Å². The van der Waals surface area contributed by atoms with Crippen molar-refractivity contribution in [3.8, 4) is 0 Å². The highest BCUT2D eigenvalue weighted by Gasteiger charge is 2.45. The maximum Gasteiger partial charge on any atom is 0.220 e. The minimum Gasteiger partial charge on any atom is -0.381 e. The number of hydrogen-bond acceptors (Lipinski definition) is 3. The zero-order valence-corrected chi connectivity index (χ0v) is 8.94. The van der Waals surface area contributed by atoms with Crippen LogP contribution in [0.25, 0.3) is 0 Å². The number of carbonyl (C=O) groups is 1. The quantitative estimate of drug-likeness (QED) is 0.649. The molecule has 2 unspecified atom stereocenters. The van der Waals surface area contributed by atoms with Crippen molar-refractivity contribution in [2.75, 3.05) is 26.3 Å². The van der Waals surface area contributed by atoms with Crippen molar-refractivity contribution in [1.29, 1.82) is 0 Å². The maximum absolute atomic E-state index is 11.3. The van der Waals surface area contributed by atoms with Crippen LogP contribution >= 0.6 is 12.4 Å². The first-order valence-electron chi connectivity index (χ1n) is 4.81. The molecule has 0 aliphatic carbocycles. The Balaban J connectivity index is 0.000000980. The monoisotopic (exact) mass is 220 g/mol. The van der Waals surface area contributed by atoms with Crippen molar-refractivity contribution in [3.63, 3.8) is 0 Å². The first-order valence-corrected chi connectivity index (χ1v) is 4.81. The molecule has 2 aliphatic rings. The first kappa shape index (κ1) is 11.8. The van der Waals surface area contributed by atoms with Gasteiger partial charge in [0.15, 0.2) is 0 Å². The molecule has 0 radical (unpaired) electrons. The van der Waals surface area contributed by atoms with Crippen molar-refractivity contribution >= 4 is 18.3 Å². The van der Waals surface area contributed by atoms with Crippen LogP contribution < -0.4 is 11.1 Å². The summed E-state index contributed by atoms with van der Waals surface area (Å²) >= 11 is 0. The number of ether oxygens (including phenoxy) is 1. The Kier molecular flexibility index (Phi) is 3.75. The molecule has 82 valence electrons. The van der Waals surface area contributed by atoms with E-state index < -0.39 is 0 Å². The van der Waals surface area contributed by atoms with Crippen molar-refractivity contribution in [3.05, 3.63) is 0 Å². The summed E-state index contributed by atoms with van der Waals surface area (Å²) < 4.78 is 5.38. The molecule has 0 saturated carbocycles. The average molecular weight is 221 g/mol. The molecule has 2 atom stereocenters. The Bertz CT molecular complexity index is 217. The predicted octanol–water partition coefficient (Wildman–Crippen LogP) is -0.0903. The standard InChI is InChI=1S/C9H16N2O2.ClH/c10-4-7-5-11-8(12)3-9(7)1-2-13-6-9;/h7H,1-6,10H2,(H,11,12);1H. The molecule has 4 nitrogen and oxygen atoms in total. The predicted molar refractivity (Wildman–Crippen MR) is 55.3 cm³/mol. The van der Waals surface area contributed by atoms with E-state index in [-0.39, 0.29) is 23.7 Å². The summed E-state index contributed by atoms with van der Waals surface area (Å²) in [6, 6.07) is 0. The maximum atomic E-state index is 11.3. The number of halogens is 1. The summed E-state index contributed by atoms with van der Waals surface area (Å²) in [5.41, 5.74) is 5.75. The van der Waals surface area contributed by atoms with Crippen molar-refractivity contribution < 1.29 is 9.53 Å². The lowest BCUT2D eigenvalue weighted by molar-refractivity contribution is -0.127. The summed E-state index contributed by atoms with van der Waals surface area (Å²) in [4.78, 5) is 11.3. The largest absolute Gasteiger partial charge is 0.381 e. The normalized spacial score (nSPS) is 36.6. The second kappa shape index (κ2) is 4.47. The first-order chi connectivity index (χ1) is 6.27. The Morgan fingerprint density at radius 3 is 3.00 bits per heavy atom. The topological polar surface area (TPSA) is 64.3 Å². The van der Waals surface area contributed by atoms with Gasteiger partial charge in [-0.2, -0.15) is 0 Å². The highest BCUT2D eigenvalue weighted by molar-refractivity contribution is 5.85. The van der Waals surface area contributed by atoms with Gasteiger partial charge >= 0.3 is 0 Å². The Morgan fingerprint density at radius 1 is 1.64 bits per heavy atom.